The van der Waals surface area contributed by atoms with E-state index in [9.17, 15) is 43.2 Å². The van der Waals surface area contributed by atoms with Crippen molar-refractivity contribution >= 4 is 39.5 Å². The summed E-state index contributed by atoms with van der Waals surface area (Å²) in [6, 6.07) is 0. The van der Waals surface area contributed by atoms with Crippen molar-refractivity contribution in [2.24, 2.45) is 11.8 Å². The maximum Gasteiger partial charge on any atom is 0.472 e. The second kappa shape index (κ2) is 51.0. The van der Waals surface area contributed by atoms with Crippen LogP contribution in [-0.2, 0) is 65.4 Å². The van der Waals surface area contributed by atoms with E-state index in [0.717, 1.165) is 115 Å². The molecule has 19 heteroatoms. The third-order valence-corrected chi connectivity index (χ3v) is 15.1. The number of unbranched alkanes of at least 4 members (excludes halogenated alkanes) is 27. The lowest BCUT2D eigenvalue weighted by Gasteiger charge is -2.21. The molecule has 0 aliphatic rings. The van der Waals surface area contributed by atoms with E-state index in [1.165, 1.54) is 83.5 Å². The van der Waals surface area contributed by atoms with Crippen LogP contribution in [0, 0.1) is 11.8 Å². The van der Waals surface area contributed by atoms with Crippen molar-refractivity contribution in [2.45, 2.75) is 297 Å². The van der Waals surface area contributed by atoms with Gasteiger partial charge in [0.2, 0.25) is 0 Å². The molecule has 0 saturated carbocycles. The van der Waals surface area contributed by atoms with Crippen LogP contribution < -0.4 is 0 Å². The van der Waals surface area contributed by atoms with Crippen LogP contribution in [-0.4, -0.2) is 96.7 Å². The van der Waals surface area contributed by atoms with Gasteiger partial charge in [0.15, 0.2) is 12.2 Å². The Kier molecular flexibility index (Phi) is 49.7. The predicted molar refractivity (Wildman–Crippen MR) is 303 cm³/mol. The van der Waals surface area contributed by atoms with Gasteiger partial charge in [-0.1, -0.05) is 228 Å². The van der Waals surface area contributed by atoms with Crippen molar-refractivity contribution < 1.29 is 80.2 Å². The van der Waals surface area contributed by atoms with Gasteiger partial charge >= 0.3 is 39.5 Å². The van der Waals surface area contributed by atoms with E-state index in [1.54, 1.807) is 0 Å². The molecule has 456 valence electrons. The Morgan fingerprint density at radius 2 is 0.597 bits per heavy atom. The van der Waals surface area contributed by atoms with Crippen molar-refractivity contribution in [3.8, 4) is 0 Å². The molecule has 2 unspecified atom stereocenters. The number of aliphatic hydroxyl groups excluding tert-OH is 1. The van der Waals surface area contributed by atoms with Crippen LogP contribution >= 0.6 is 15.6 Å². The lowest BCUT2D eigenvalue weighted by atomic mass is 10.0. The number of carbonyl (C=O) groups excluding carboxylic acids is 4. The highest BCUT2D eigenvalue weighted by Crippen LogP contribution is 2.45. The van der Waals surface area contributed by atoms with Gasteiger partial charge in [0.25, 0.3) is 0 Å². The van der Waals surface area contributed by atoms with Crippen molar-refractivity contribution in [1.82, 2.24) is 0 Å². The van der Waals surface area contributed by atoms with Crippen LogP contribution in [0.5, 0.6) is 0 Å². The largest absolute Gasteiger partial charge is 0.472 e. The molecule has 0 heterocycles. The van der Waals surface area contributed by atoms with E-state index < -0.39 is 97.5 Å². The van der Waals surface area contributed by atoms with Crippen LogP contribution in [0.4, 0.5) is 0 Å². The highest BCUT2D eigenvalue weighted by Gasteiger charge is 2.30. The van der Waals surface area contributed by atoms with Crippen molar-refractivity contribution in [2.75, 3.05) is 39.6 Å². The number of aliphatic hydroxyl groups is 1. The maximum absolute atomic E-state index is 12.9. The van der Waals surface area contributed by atoms with Crippen LogP contribution in [0.25, 0.3) is 0 Å². The normalized spacial score (nSPS) is 14.5. The predicted octanol–water partition coefficient (Wildman–Crippen LogP) is 15.3. The third-order valence-electron chi connectivity index (χ3n) is 13.2. The van der Waals surface area contributed by atoms with Gasteiger partial charge in [-0.25, -0.2) is 9.13 Å². The average Bonchev–Trinajstić information content (AvgIpc) is 3.38. The van der Waals surface area contributed by atoms with E-state index in [-0.39, 0.29) is 25.7 Å². The first-order valence-electron chi connectivity index (χ1n) is 30.5. The fraction of sp³-hybridized carbons (Fsp3) is 0.931. The highest BCUT2D eigenvalue weighted by molar-refractivity contribution is 7.47. The van der Waals surface area contributed by atoms with E-state index >= 15 is 0 Å². The molecule has 0 bridgehead atoms. The molecule has 0 aromatic carbocycles. The van der Waals surface area contributed by atoms with Crippen LogP contribution in [0.15, 0.2) is 0 Å². The van der Waals surface area contributed by atoms with Gasteiger partial charge in [-0.05, 0) is 37.5 Å². The van der Waals surface area contributed by atoms with Gasteiger partial charge in [0, 0.05) is 25.7 Å². The molecule has 0 aliphatic carbocycles. The topological polar surface area (TPSA) is 237 Å². The van der Waals surface area contributed by atoms with E-state index in [0.29, 0.717) is 25.7 Å². The highest BCUT2D eigenvalue weighted by atomic mass is 31.2. The molecule has 0 saturated heterocycles. The molecule has 0 spiro atoms. The van der Waals surface area contributed by atoms with Gasteiger partial charge in [-0.2, -0.15) is 0 Å². The molecule has 0 radical (unpaired) electrons. The Labute approximate surface area is 467 Å². The summed E-state index contributed by atoms with van der Waals surface area (Å²) >= 11 is 0. The average molecular weight is 1140 g/mol. The first kappa shape index (κ1) is 75.1. The first-order chi connectivity index (χ1) is 36.9. The van der Waals surface area contributed by atoms with Gasteiger partial charge in [0.1, 0.15) is 19.3 Å². The number of hydrogen-bond acceptors (Lipinski definition) is 15. The summed E-state index contributed by atoms with van der Waals surface area (Å²) in [5.74, 6) is -0.678. The summed E-state index contributed by atoms with van der Waals surface area (Å²) in [4.78, 5) is 71.6. The van der Waals surface area contributed by atoms with Gasteiger partial charge in [-0.15, -0.1) is 0 Å². The zero-order chi connectivity index (χ0) is 57.3. The number of hydrogen-bond donors (Lipinski definition) is 3. The molecule has 77 heavy (non-hydrogen) atoms. The molecule has 0 fully saturated rings. The maximum atomic E-state index is 12.9. The number of esters is 4. The SMILES string of the molecule is CCCCCCCCCCC(=O)O[C@H](COC(=O)CCCCCCC)COP(=O)(O)OC[C@H](O)COP(=O)(O)OC[C@@H](COC(=O)CCCCCCCCCCC(C)C)OC(=O)CCCCCCCCCCCCC(C)C. The van der Waals surface area contributed by atoms with Crippen molar-refractivity contribution in [3.63, 3.8) is 0 Å². The quantitative estimate of drug-likeness (QED) is 0.0222. The van der Waals surface area contributed by atoms with Crippen LogP contribution in [0.2, 0.25) is 0 Å². The van der Waals surface area contributed by atoms with Gasteiger partial charge in [0.05, 0.1) is 26.4 Å². The Bertz CT molecular complexity index is 1530. The van der Waals surface area contributed by atoms with Gasteiger partial charge in [-0.3, -0.25) is 37.3 Å². The summed E-state index contributed by atoms with van der Waals surface area (Å²) < 4.78 is 67.5. The minimum absolute atomic E-state index is 0.103. The molecular formula is C58H112O17P2. The van der Waals surface area contributed by atoms with Crippen molar-refractivity contribution in [1.29, 1.82) is 0 Å². The second-order valence-electron chi connectivity index (χ2n) is 22.0. The lowest BCUT2D eigenvalue weighted by molar-refractivity contribution is -0.161. The smallest absolute Gasteiger partial charge is 0.462 e. The monoisotopic (exact) mass is 1140 g/mol. The number of carbonyl (C=O) groups is 4. The zero-order valence-electron chi connectivity index (χ0n) is 49.2. The summed E-state index contributed by atoms with van der Waals surface area (Å²) in [6.07, 6.45) is 31.2. The molecular weight excluding hydrogens is 1030 g/mol. The molecule has 0 rings (SSSR count). The molecule has 3 N–H and O–H groups in total. The Morgan fingerprint density at radius 3 is 0.883 bits per heavy atom. The standard InChI is InChI=1S/C58H112O17P2/c1-7-9-11-13-14-23-30-36-42-57(62)74-53(46-68-55(60)40-34-26-12-10-8-2)48-72-76(64,65)70-44-52(59)45-71-77(66,67)73-49-54(47-69-56(61)41-35-29-24-20-19-22-28-33-39-51(5)6)75-58(63)43-37-31-25-18-16-15-17-21-27-32-38-50(3)4/h50-54,59H,7-49H2,1-6H3,(H,64,65)(H,66,67)/t52-,53+,54+/m0/s1. The molecule has 0 aromatic rings. The number of phosphoric ester groups is 2. The summed E-state index contributed by atoms with van der Waals surface area (Å²) in [5.41, 5.74) is 0. The molecule has 0 aliphatic heterocycles. The van der Waals surface area contributed by atoms with Crippen LogP contribution in [0.1, 0.15) is 279 Å². The Balaban J connectivity index is 5.18. The molecule has 0 aromatic heterocycles. The number of rotatable bonds is 57. The minimum Gasteiger partial charge on any atom is -0.462 e. The fourth-order valence-corrected chi connectivity index (χ4v) is 10.0. The molecule has 0 amide bonds. The molecule has 5 atom stereocenters. The lowest BCUT2D eigenvalue weighted by Crippen LogP contribution is -2.30. The van der Waals surface area contributed by atoms with E-state index in [1.807, 2.05) is 0 Å². The minimum atomic E-state index is -4.94. The Morgan fingerprint density at radius 1 is 0.351 bits per heavy atom. The van der Waals surface area contributed by atoms with E-state index in [4.69, 9.17) is 37.0 Å². The Hall–Kier alpha value is -1.94. The summed E-state index contributed by atoms with van der Waals surface area (Å²) in [6.45, 7) is 9.28. The van der Waals surface area contributed by atoms with Crippen LogP contribution in [0.3, 0.4) is 0 Å². The van der Waals surface area contributed by atoms with Crippen molar-refractivity contribution in [3.05, 3.63) is 0 Å². The van der Waals surface area contributed by atoms with E-state index in [2.05, 4.69) is 41.5 Å². The summed E-state index contributed by atoms with van der Waals surface area (Å²) in [7, 11) is -9.86. The third kappa shape index (κ3) is 53.2. The van der Waals surface area contributed by atoms with Gasteiger partial charge < -0.3 is 33.8 Å². The fourth-order valence-electron chi connectivity index (χ4n) is 8.47. The first-order valence-corrected chi connectivity index (χ1v) is 33.5. The second-order valence-corrected chi connectivity index (χ2v) is 24.9. The number of phosphoric acid groups is 2. The number of ether oxygens (including phenoxy) is 4. The summed E-state index contributed by atoms with van der Waals surface area (Å²) in [5, 5.41) is 10.5. The molecule has 17 nitrogen and oxygen atoms in total. The zero-order valence-corrected chi connectivity index (χ0v) is 51.0.